The van der Waals surface area contributed by atoms with Crippen LogP contribution < -0.4 is 5.32 Å². The van der Waals surface area contributed by atoms with Crippen LogP contribution in [0.4, 0.5) is 0 Å². The second-order valence-electron chi connectivity index (χ2n) is 5.02. The highest BCUT2D eigenvalue weighted by Crippen LogP contribution is 2.27. The Morgan fingerprint density at radius 1 is 1.10 bits per heavy atom. The van der Waals surface area contributed by atoms with E-state index in [4.69, 9.17) is 23.2 Å². The average Bonchev–Trinajstić information content (AvgIpc) is 2.46. The normalized spacial score (nSPS) is 12.4. The smallest absolute Gasteiger partial charge is 0.0453 e. The number of rotatable bonds is 6. The lowest BCUT2D eigenvalue weighted by molar-refractivity contribution is 0.617. The van der Waals surface area contributed by atoms with Crippen molar-refractivity contribution in [1.29, 1.82) is 0 Å². The molecule has 0 bridgehead atoms. The van der Waals surface area contributed by atoms with Gasteiger partial charge in [0, 0.05) is 26.7 Å². The topological polar surface area (TPSA) is 12.0 Å². The fourth-order valence-electron chi connectivity index (χ4n) is 2.12. The number of thioether (sulfide) groups is 1. The number of aryl methyl sites for hydroxylation is 1. The van der Waals surface area contributed by atoms with Crippen molar-refractivity contribution in [2.24, 2.45) is 0 Å². The summed E-state index contributed by atoms with van der Waals surface area (Å²) in [7, 11) is 1.98. The Kier molecular flexibility index (Phi) is 6.43. The number of hydrogen-bond donors (Lipinski definition) is 1. The second kappa shape index (κ2) is 8.09. The maximum atomic E-state index is 6.25. The van der Waals surface area contributed by atoms with E-state index in [1.807, 2.05) is 37.0 Å². The molecule has 0 saturated heterocycles. The predicted octanol–water partition coefficient (Wildman–Crippen LogP) is 5.22. The SMILES string of the molecule is CNC(CSc1cccc(C)c1)Cc1c(Cl)cccc1Cl. The fraction of sp³-hybridized carbons (Fsp3) is 0.294. The molecular weight excluding hydrogens is 321 g/mol. The largest absolute Gasteiger partial charge is 0.316 e. The lowest BCUT2D eigenvalue weighted by atomic mass is 10.1. The molecule has 4 heteroatoms. The van der Waals surface area contributed by atoms with Gasteiger partial charge in [0.1, 0.15) is 0 Å². The van der Waals surface area contributed by atoms with Crippen molar-refractivity contribution in [2.75, 3.05) is 12.8 Å². The standard InChI is InChI=1S/C17H19Cl2NS/c1-12-5-3-6-14(9-12)21-11-13(20-2)10-15-16(18)7-4-8-17(15)19/h3-9,13,20H,10-11H2,1-2H3. The van der Waals surface area contributed by atoms with Crippen molar-refractivity contribution < 1.29 is 0 Å². The lowest BCUT2D eigenvalue weighted by Crippen LogP contribution is -2.30. The average molecular weight is 340 g/mol. The Morgan fingerprint density at radius 3 is 2.38 bits per heavy atom. The van der Waals surface area contributed by atoms with Crippen LogP contribution in [0.2, 0.25) is 10.0 Å². The predicted molar refractivity (Wildman–Crippen MR) is 94.9 cm³/mol. The molecule has 0 spiro atoms. The second-order valence-corrected chi connectivity index (χ2v) is 6.93. The van der Waals surface area contributed by atoms with Gasteiger partial charge < -0.3 is 5.32 Å². The molecule has 2 rings (SSSR count). The van der Waals surface area contributed by atoms with Crippen molar-refractivity contribution in [3.05, 3.63) is 63.6 Å². The van der Waals surface area contributed by atoms with Crippen LogP contribution >= 0.6 is 35.0 Å². The highest BCUT2D eigenvalue weighted by Gasteiger charge is 2.13. The molecule has 1 unspecified atom stereocenters. The monoisotopic (exact) mass is 339 g/mol. The van der Waals surface area contributed by atoms with E-state index in [-0.39, 0.29) is 0 Å². The summed E-state index contributed by atoms with van der Waals surface area (Å²) < 4.78 is 0. The zero-order chi connectivity index (χ0) is 15.2. The molecule has 0 radical (unpaired) electrons. The van der Waals surface area contributed by atoms with Gasteiger partial charge in [-0.3, -0.25) is 0 Å². The van der Waals surface area contributed by atoms with Gasteiger partial charge in [0.2, 0.25) is 0 Å². The molecule has 0 aliphatic carbocycles. The van der Waals surface area contributed by atoms with Gasteiger partial charge >= 0.3 is 0 Å². The molecule has 0 heterocycles. The highest BCUT2D eigenvalue weighted by atomic mass is 35.5. The molecule has 0 aliphatic heterocycles. The van der Waals surface area contributed by atoms with Crippen LogP contribution in [0.1, 0.15) is 11.1 Å². The summed E-state index contributed by atoms with van der Waals surface area (Å²) in [4.78, 5) is 1.29. The minimum atomic E-state index is 0.327. The van der Waals surface area contributed by atoms with Crippen LogP contribution in [0, 0.1) is 6.92 Å². The molecule has 2 aromatic carbocycles. The van der Waals surface area contributed by atoms with E-state index in [0.717, 1.165) is 27.8 Å². The van der Waals surface area contributed by atoms with E-state index in [1.165, 1.54) is 10.5 Å². The summed E-state index contributed by atoms with van der Waals surface area (Å²) in [5.74, 6) is 0.974. The molecular formula is C17H19Cl2NS. The van der Waals surface area contributed by atoms with E-state index in [9.17, 15) is 0 Å². The van der Waals surface area contributed by atoms with E-state index in [0.29, 0.717) is 6.04 Å². The third-order valence-corrected chi connectivity index (χ3v) is 5.23. The molecule has 0 aromatic heterocycles. The molecule has 1 N–H and O–H groups in total. The van der Waals surface area contributed by atoms with Crippen molar-refractivity contribution >= 4 is 35.0 Å². The maximum absolute atomic E-state index is 6.25. The molecule has 0 aliphatic rings. The van der Waals surface area contributed by atoms with Gasteiger partial charge in [0.25, 0.3) is 0 Å². The van der Waals surface area contributed by atoms with Crippen molar-refractivity contribution in [3.63, 3.8) is 0 Å². The van der Waals surface area contributed by atoms with Gasteiger partial charge in [-0.15, -0.1) is 11.8 Å². The van der Waals surface area contributed by atoms with Gasteiger partial charge in [0.15, 0.2) is 0 Å². The van der Waals surface area contributed by atoms with Gasteiger partial charge in [-0.25, -0.2) is 0 Å². The van der Waals surface area contributed by atoms with Gasteiger partial charge in [-0.2, -0.15) is 0 Å². The quantitative estimate of drug-likeness (QED) is 0.723. The zero-order valence-electron chi connectivity index (χ0n) is 12.2. The molecule has 112 valence electrons. The Balaban J connectivity index is 2.00. The molecule has 0 amide bonds. The first kappa shape index (κ1) is 16.7. The highest BCUT2D eigenvalue weighted by molar-refractivity contribution is 7.99. The summed E-state index contributed by atoms with van der Waals surface area (Å²) in [5, 5.41) is 4.83. The van der Waals surface area contributed by atoms with Crippen LogP contribution in [0.3, 0.4) is 0 Å². The maximum Gasteiger partial charge on any atom is 0.0453 e. The zero-order valence-corrected chi connectivity index (χ0v) is 14.5. The first-order valence-electron chi connectivity index (χ1n) is 6.89. The van der Waals surface area contributed by atoms with E-state index < -0.39 is 0 Å². The third-order valence-electron chi connectivity index (χ3n) is 3.36. The molecule has 0 fully saturated rings. The number of nitrogens with one attached hydrogen (secondary N) is 1. The van der Waals surface area contributed by atoms with Crippen molar-refractivity contribution in [3.8, 4) is 0 Å². The molecule has 2 aromatic rings. The molecule has 1 nitrogen and oxygen atoms in total. The first-order chi connectivity index (χ1) is 10.1. The van der Waals surface area contributed by atoms with Crippen LogP contribution in [0.25, 0.3) is 0 Å². The number of hydrogen-bond acceptors (Lipinski definition) is 2. The van der Waals surface area contributed by atoms with E-state index in [2.05, 4.69) is 36.5 Å². The number of halogens is 2. The van der Waals surface area contributed by atoms with Crippen molar-refractivity contribution in [2.45, 2.75) is 24.3 Å². The van der Waals surface area contributed by atoms with Crippen LogP contribution in [0.5, 0.6) is 0 Å². The van der Waals surface area contributed by atoms with E-state index >= 15 is 0 Å². The summed E-state index contributed by atoms with van der Waals surface area (Å²) in [5.41, 5.74) is 2.31. The number of benzene rings is 2. The van der Waals surface area contributed by atoms with Crippen LogP contribution in [-0.2, 0) is 6.42 Å². The summed E-state index contributed by atoms with van der Waals surface area (Å²) in [6.45, 7) is 2.11. The Bertz CT molecular complexity index is 581. The summed E-state index contributed by atoms with van der Waals surface area (Å²) in [6.07, 6.45) is 0.827. The summed E-state index contributed by atoms with van der Waals surface area (Å²) in [6, 6.07) is 14.6. The Hall–Kier alpha value is -0.670. The van der Waals surface area contributed by atoms with Gasteiger partial charge in [0.05, 0.1) is 0 Å². The van der Waals surface area contributed by atoms with Gasteiger partial charge in [-0.1, -0.05) is 47.0 Å². The van der Waals surface area contributed by atoms with Gasteiger partial charge in [-0.05, 0) is 50.2 Å². The minimum absolute atomic E-state index is 0.327. The minimum Gasteiger partial charge on any atom is -0.316 e. The molecule has 0 saturated carbocycles. The van der Waals surface area contributed by atoms with Crippen LogP contribution in [0.15, 0.2) is 47.4 Å². The number of likely N-dealkylation sites (N-methyl/N-ethyl adjacent to an activating group) is 1. The van der Waals surface area contributed by atoms with Crippen LogP contribution in [-0.4, -0.2) is 18.8 Å². The Morgan fingerprint density at radius 2 is 1.76 bits per heavy atom. The summed E-state index contributed by atoms with van der Waals surface area (Å²) >= 11 is 14.3. The Labute approximate surface area is 141 Å². The lowest BCUT2D eigenvalue weighted by Gasteiger charge is -2.17. The van der Waals surface area contributed by atoms with Crippen molar-refractivity contribution in [1.82, 2.24) is 5.32 Å². The molecule has 1 atom stereocenters. The third kappa shape index (κ3) is 4.93. The first-order valence-corrected chi connectivity index (χ1v) is 8.64. The van der Waals surface area contributed by atoms with E-state index in [1.54, 1.807) is 0 Å². The molecule has 21 heavy (non-hydrogen) atoms. The fourth-order valence-corrected chi connectivity index (χ4v) is 3.79.